The molecule has 1 amide bonds. The highest BCUT2D eigenvalue weighted by Gasteiger charge is 2.11. The smallest absolute Gasteiger partial charge is 0.234 e. The Morgan fingerprint density at radius 3 is 2.52 bits per heavy atom. The normalized spacial score (nSPS) is 10.5. The van der Waals surface area contributed by atoms with Crippen LogP contribution in [-0.4, -0.2) is 36.1 Å². The monoisotopic (exact) mass is 409 g/mol. The van der Waals surface area contributed by atoms with Crippen LogP contribution in [0.2, 0.25) is 0 Å². The van der Waals surface area contributed by atoms with E-state index >= 15 is 0 Å². The lowest BCUT2D eigenvalue weighted by Crippen LogP contribution is -2.14. The minimum Gasteiger partial charge on any atom is -0.497 e. The number of thioether (sulfide) groups is 1. The molecule has 2 aromatic carbocycles. The molecular formula is C22H23N3O3S. The molecule has 0 bridgehead atoms. The molecule has 1 heterocycles. The molecule has 7 heteroatoms. The average Bonchev–Trinajstić information content (AvgIpc) is 2.74. The van der Waals surface area contributed by atoms with Crippen molar-refractivity contribution in [2.75, 3.05) is 25.3 Å². The number of ether oxygens (including phenoxy) is 2. The summed E-state index contributed by atoms with van der Waals surface area (Å²) in [7, 11) is 3.13. The van der Waals surface area contributed by atoms with Gasteiger partial charge in [0.25, 0.3) is 0 Å². The summed E-state index contributed by atoms with van der Waals surface area (Å²) in [6, 6.07) is 15.3. The molecule has 0 atom stereocenters. The number of hydrogen-bond acceptors (Lipinski definition) is 6. The lowest BCUT2D eigenvalue weighted by Gasteiger charge is -2.11. The van der Waals surface area contributed by atoms with E-state index in [0.29, 0.717) is 22.2 Å². The summed E-state index contributed by atoms with van der Waals surface area (Å²) in [6.45, 7) is 4.11. The van der Waals surface area contributed by atoms with E-state index in [1.165, 1.54) is 17.3 Å². The standard InChI is InChI=1S/C22H23N3O3S/c1-14-5-6-15(2)17(11-14)18-9-10-22(25-24-18)29-13-21(26)23-19-8-7-16(27-3)12-20(19)28-4/h5-12H,13H2,1-4H3,(H,23,26). The first-order valence-corrected chi connectivity index (χ1v) is 10.0. The molecular weight excluding hydrogens is 386 g/mol. The second-order valence-electron chi connectivity index (χ2n) is 6.48. The molecule has 0 aliphatic heterocycles. The molecule has 0 aliphatic rings. The molecule has 0 spiro atoms. The van der Waals surface area contributed by atoms with Crippen LogP contribution >= 0.6 is 11.8 Å². The van der Waals surface area contributed by atoms with Crippen LogP contribution in [0.4, 0.5) is 5.69 Å². The van der Waals surface area contributed by atoms with Crippen molar-refractivity contribution < 1.29 is 14.3 Å². The summed E-state index contributed by atoms with van der Waals surface area (Å²) in [5.74, 6) is 1.26. The second kappa shape index (κ2) is 9.43. The topological polar surface area (TPSA) is 73.3 Å². The lowest BCUT2D eigenvalue weighted by molar-refractivity contribution is -0.113. The Morgan fingerprint density at radius 1 is 1.00 bits per heavy atom. The van der Waals surface area contributed by atoms with E-state index in [1.54, 1.807) is 32.4 Å². The summed E-state index contributed by atoms with van der Waals surface area (Å²) in [4.78, 5) is 12.3. The van der Waals surface area contributed by atoms with E-state index in [9.17, 15) is 4.79 Å². The van der Waals surface area contributed by atoms with Crippen LogP contribution in [0, 0.1) is 13.8 Å². The van der Waals surface area contributed by atoms with Gasteiger partial charge in [0.05, 0.1) is 31.4 Å². The number of hydrogen-bond donors (Lipinski definition) is 1. The molecule has 150 valence electrons. The maximum absolute atomic E-state index is 12.3. The van der Waals surface area contributed by atoms with E-state index in [1.807, 2.05) is 12.1 Å². The minimum absolute atomic E-state index is 0.154. The number of carbonyl (C=O) groups excluding carboxylic acids is 1. The van der Waals surface area contributed by atoms with Gasteiger partial charge in [-0.05, 0) is 49.7 Å². The Hall–Kier alpha value is -3.06. The maximum Gasteiger partial charge on any atom is 0.234 e. The molecule has 29 heavy (non-hydrogen) atoms. The number of rotatable bonds is 7. The highest BCUT2D eigenvalue weighted by molar-refractivity contribution is 7.99. The van der Waals surface area contributed by atoms with Gasteiger partial charge in [-0.15, -0.1) is 10.2 Å². The minimum atomic E-state index is -0.154. The predicted octanol–water partition coefficient (Wildman–Crippen LogP) is 4.51. The number of nitrogens with one attached hydrogen (secondary N) is 1. The first-order valence-electron chi connectivity index (χ1n) is 9.06. The van der Waals surface area contributed by atoms with Crippen molar-refractivity contribution >= 4 is 23.4 Å². The molecule has 6 nitrogen and oxygen atoms in total. The Labute approximate surface area is 174 Å². The van der Waals surface area contributed by atoms with Crippen LogP contribution < -0.4 is 14.8 Å². The van der Waals surface area contributed by atoms with Crippen molar-refractivity contribution in [2.24, 2.45) is 0 Å². The van der Waals surface area contributed by atoms with Crippen molar-refractivity contribution in [3.63, 3.8) is 0 Å². The Morgan fingerprint density at radius 2 is 1.83 bits per heavy atom. The zero-order valence-electron chi connectivity index (χ0n) is 16.9. The second-order valence-corrected chi connectivity index (χ2v) is 7.47. The number of aromatic nitrogens is 2. The Balaban J connectivity index is 1.61. The average molecular weight is 410 g/mol. The highest BCUT2D eigenvalue weighted by atomic mass is 32.2. The lowest BCUT2D eigenvalue weighted by atomic mass is 10.0. The van der Waals surface area contributed by atoms with Crippen molar-refractivity contribution in [3.8, 4) is 22.8 Å². The molecule has 0 saturated carbocycles. The number of nitrogens with zero attached hydrogens (tertiary/aromatic N) is 2. The molecule has 0 radical (unpaired) electrons. The van der Waals surface area contributed by atoms with Gasteiger partial charge < -0.3 is 14.8 Å². The van der Waals surface area contributed by atoms with E-state index in [0.717, 1.165) is 16.8 Å². The van der Waals surface area contributed by atoms with Gasteiger partial charge in [0, 0.05) is 11.6 Å². The molecule has 0 fully saturated rings. The van der Waals surface area contributed by atoms with E-state index in [4.69, 9.17) is 9.47 Å². The third-order valence-electron chi connectivity index (χ3n) is 4.34. The Bertz CT molecular complexity index is 1010. The molecule has 0 aliphatic carbocycles. The number of methoxy groups -OCH3 is 2. The fraction of sp³-hybridized carbons (Fsp3) is 0.227. The zero-order valence-corrected chi connectivity index (χ0v) is 17.7. The van der Waals surface area contributed by atoms with Gasteiger partial charge in [0.1, 0.15) is 16.5 Å². The Kier molecular flexibility index (Phi) is 6.72. The third kappa shape index (κ3) is 5.26. The molecule has 0 unspecified atom stereocenters. The van der Waals surface area contributed by atoms with Crippen LogP contribution in [0.15, 0.2) is 53.6 Å². The summed E-state index contributed by atoms with van der Waals surface area (Å²) in [6.07, 6.45) is 0. The number of amides is 1. The maximum atomic E-state index is 12.3. The van der Waals surface area contributed by atoms with Gasteiger partial charge >= 0.3 is 0 Å². The van der Waals surface area contributed by atoms with Crippen molar-refractivity contribution in [1.29, 1.82) is 0 Å². The van der Waals surface area contributed by atoms with E-state index in [-0.39, 0.29) is 11.7 Å². The predicted molar refractivity (Wildman–Crippen MR) is 116 cm³/mol. The molecule has 1 N–H and O–H groups in total. The molecule has 3 rings (SSSR count). The van der Waals surface area contributed by atoms with E-state index in [2.05, 4.69) is 47.6 Å². The van der Waals surface area contributed by atoms with E-state index < -0.39 is 0 Å². The van der Waals surface area contributed by atoms with Crippen LogP contribution in [0.5, 0.6) is 11.5 Å². The highest BCUT2D eigenvalue weighted by Crippen LogP contribution is 2.29. The van der Waals surface area contributed by atoms with Gasteiger partial charge in [-0.3, -0.25) is 4.79 Å². The summed E-state index contributed by atoms with van der Waals surface area (Å²) >= 11 is 1.33. The zero-order chi connectivity index (χ0) is 20.8. The number of anilines is 1. The fourth-order valence-corrected chi connectivity index (χ4v) is 3.39. The van der Waals surface area contributed by atoms with Crippen LogP contribution in [-0.2, 0) is 4.79 Å². The third-order valence-corrected chi connectivity index (χ3v) is 5.26. The molecule has 0 saturated heterocycles. The summed E-state index contributed by atoms with van der Waals surface area (Å²) in [5.41, 5.74) is 4.81. The summed E-state index contributed by atoms with van der Waals surface area (Å²) < 4.78 is 10.5. The van der Waals surface area contributed by atoms with Crippen LogP contribution in [0.1, 0.15) is 11.1 Å². The van der Waals surface area contributed by atoms with Crippen molar-refractivity contribution in [1.82, 2.24) is 10.2 Å². The largest absolute Gasteiger partial charge is 0.497 e. The van der Waals surface area contributed by atoms with Crippen LogP contribution in [0.3, 0.4) is 0 Å². The first-order chi connectivity index (χ1) is 14.0. The fourth-order valence-electron chi connectivity index (χ4n) is 2.78. The molecule has 1 aromatic heterocycles. The first kappa shape index (κ1) is 20.7. The van der Waals surface area contributed by atoms with Gasteiger partial charge in [0.2, 0.25) is 5.91 Å². The van der Waals surface area contributed by atoms with Gasteiger partial charge in [-0.25, -0.2) is 0 Å². The van der Waals surface area contributed by atoms with Gasteiger partial charge in [-0.1, -0.05) is 29.5 Å². The number of benzene rings is 2. The molecule has 3 aromatic rings. The number of carbonyl (C=O) groups is 1. The van der Waals surface area contributed by atoms with Crippen LogP contribution in [0.25, 0.3) is 11.3 Å². The quantitative estimate of drug-likeness (QED) is 0.579. The number of aryl methyl sites for hydroxylation is 2. The van der Waals surface area contributed by atoms with Crippen molar-refractivity contribution in [3.05, 3.63) is 59.7 Å². The van der Waals surface area contributed by atoms with Crippen molar-refractivity contribution in [2.45, 2.75) is 18.9 Å². The van der Waals surface area contributed by atoms with Gasteiger partial charge in [-0.2, -0.15) is 0 Å². The SMILES string of the molecule is COc1ccc(NC(=O)CSc2ccc(-c3cc(C)ccc3C)nn2)c(OC)c1. The van der Waals surface area contributed by atoms with Gasteiger partial charge in [0.15, 0.2) is 0 Å². The summed E-state index contributed by atoms with van der Waals surface area (Å²) in [5, 5.41) is 12.1.